The topological polar surface area (TPSA) is 138 Å². The summed E-state index contributed by atoms with van der Waals surface area (Å²) in [6, 6.07) is 16.3. The number of nitrogens with zero attached hydrogens (tertiary/aromatic N) is 5. The average Bonchev–Trinajstić information content (AvgIpc) is 3.39. The fourth-order valence-electron chi connectivity index (χ4n) is 6.40. The van der Waals surface area contributed by atoms with Crippen LogP contribution in [-0.4, -0.2) is 71.7 Å². The molecule has 1 saturated carbocycles. The van der Waals surface area contributed by atoms with Crippen LogP contribution in [0.4, 0.5) is 28.9 Å². The van der Waals surface area contributed by atoms with Gasteiger partial charge >= 0.3 is 0 Å². The van der Waals surface area contributed by atoms with Crippen molar-refractivity contribution in [3.8, 4) is 11.8 Å². The van der Waals surface area contributed by atoms with Crippen LogP contribution in [0.5, 0.6) is 5.75 Å². The Bertz CT molecular complexity index is 2140. The Hall–Kier alpha value is -5.27. The van der Waals surface area contributed by atoms with Crippen LogP contribution in [0.15, 0.2) is 79.0 Å². The number of rotatable bonds is 8. The summed E-state index contributed by atoms with van der Waals surface area (Å²) in [7, 11) is -3.11. The first-order chi connectivity index (χ1) is 23.3. The Morgan fingerprint density at radius 1 is 1.04 bits per heavy atom. The summed E-state index contributed by atoms with van der Waals surface area (Å²) in [5.41, 5.74) is -0.492. The molecule has 11 nitrogen and oxygen atoms in total. The number of ether oxygens (including phenoxy) is 1. The minimum atomic E-state index is -4.48. The molecule has 0 bridgehead atoms. The van der Waals surface area contributed by atoms with Crippen LogP contribution in [0.25, 0.3) is 0 Å². The number of methoxy groups -OCH3 is 1. The van der Waals surface area contributed by atoms with Crippen molar-refractivity contribution in [1.29, 1.82) is 5.26 Å². The van der Waals surface area contributed by atoms with Gasteiger partial charge in [-0.15, -0.1) is 0 Å². The summed E-state index contributed by atoms with van der Waals surface area (Å²) < 4.78 is 92.3. The van der Waals surface area contributed by atoms with Gasteiger partial charge in [-0.05, 0) is 30.3 Å². The van der Waals surface area contributed by atoms with Crippen molar-refractivity contribution >= 4 is 33.2 Å². The standard InChI is InChI=1S/C33H26F4N6O5S/c1-48-27-12-7-19(13-20(27)15-38)30(44)40-24-16-39-43-26-18-41(49(46,47)28-14-32(28,34)35)17-25(26)42(31(45)29(24)43)23-10-8-22(9-11-23)33(36,37)21-5-3-2-4-6-21/h2-13,16,25-26,28H,14,17-18H2,1H3,(H,40,44)/t25-,26-,28?/m0/s1. The number of nitrogens with one attached hydrogen (secondary N) is 1. The molecule has 1 saturated heterocycles. The molecule has 2 amide bonds. The van der Waals surface area contributed by atoms with E-state index in [-0.39, 0.29) is 58.2 Å². The number of benzene rings is 3. The van der Waals surface area contributed by atoms with Crippen LogP contribution < -0.4 is 15.0 Å². The molecule has 7 rings (SSSR count). The molecular formula is C33H26F4N6O5S. The molecule has 3 aliphatic rings. The second-order valence-corrected chi connectivity index (χ2v) is 14.1. The van der Waals surface area contributed by atoms with Gasteiger partial charge in [-0.25, -0.2) is 17.2 Å². The fraction of sp³-hybridized carbons (Fsp3) is 0.273. The van der Waals surface area contributed by atoms with Gasteiger partial charge in [-0.2, -0.15) is 23.4 Å². The number of anilines is 2. The molecule has 3 atom stereocenters. The van der Waals surface area contributed by atoms with Crippen molar-refractivity contribution in [3.05, 3.63) is 107 Å². The maximum atomic E-state index is 15.3. The number of alkyl halides is 4. The van der Waals surface area contributed by atoms with Gasteiger partial charge in [0.05, 0.1) is 36.6 Å². The van der Waals surface area contributed by atoms with Crippen molar-refractivity contribution in [2.45, 2.75) is 35.6 Å². The number of sulfonamides is 1. The molecule has 252 valence electrons. The average molecular weight is 695 g/mol. The molecule has 3 heterocycles. The number of carbonyl (C=O) groups is 2. The molecule has 16 heteroatoms. The van der Waals surface area contributed by atoms with Crippen LogP contribution in [-0.2, 0) is 15.9 Å². The van der Waals surface area contributed by atoms with Crippen LogP contribution in [0.2, 0.25) is 0 Å². The van der Waals surface area contributed by atoms with E-state index in [1.165, 1.54) is 77.5 Å². The maximum Gasteiger partial charge on any atom is 0.298 e. The zero-order valence-electron chi connectivity index (χ0n) is 25.6. The lowest BCUT2D eigenvalue weighted by atomic mass is 9.99. The van der Waals surface area contributed by atoms with Gasteiger partial charge in [0.1, 0.15) is 17.1 Å². The van der Waals surface area contributed by atoms with Crippen molar-refractivity contribution in [1.82, 2.24) is 14.1 Å². The van der Waals surface area contributed by atoms with Crippen LogP contribution >= 0.6 is 0 Å². The first kappa shape index (κ1) is 32.3. The second kappa shape index (κ2) is 11.4. The van der Waals surface area contributed by atoms with E-state index in [1.54, 1.807) is 6.07 Å². The predicted octanol–water partition coefficient (Wildman–Crippen LogP) is 4.78. The summed E-state index contributed by atoms with van der Waals surface area (Å²) in [5.74, 6) is -7.93. The number of hydrogen-bond acceptors (Lipinski definition) is 7. The van der Waals surface area contributed by atoms with E-state index in [0.29, 0.717) is 0 Å². The summed E-state index contributed by atoms with van der Waals surface area (Å²) in [5, 5.41) is 14.4. The number of nitriles is 1. The lowest BCUT2D eigenvalue weighted by Gasteiger charge is -2.37. The lowest BCUT2D eigenvalue weighted by molar-refractivity contribution is 0.0428. The van der Waals surface area contributed by atoms with E-state index in [2.05, 4.69) is 10.4 Å². The van der Waals surface area contributed by atoms with Gasteiger partial charge < -0.3 is 15.0 Å². The van der Waals surface area contributed by atoms with E-state index >= 15 is 8.78 Å². The molecule has 0 radical (unpaired) electrons. The molecule has 1 aromatic heterocycles. The first-order valence-corrected chi connectivity index (χ1v) is 16.5. The quantitative estimate of drug-likeness (QED) is 0.262. The third kappa shape index (κ3) is 5.29. The van der Waals surface area contributed by atoms with Crippen molar-refractivity contribution in [2.75, 3.05) is 30.4 Å². The van der Waals surface area contributed by atoms with Gasteiger partial charge in [-0.1, -0.05) is 42.5 Å². The number of amides is 2. The summed E-state index contributed by atoms with van der Waals surface area (Å²) in [6.45, 7) is -0.656. The Morgan fingerprint density at radius 3 is 2.33 bits per heavy atom. The summed E-state index contributed by atoms with van der Waals surface area (Å²) in [6.07, 6.45) is 0.388. The van der Waals surface area contributed by atoms with Crippen LogP contribution in [0.1, 0.15) is 50.0 Å². The second-order valence-electron chi connectivity index (χ2n) is 11.9. The lowest BCUT2D eigenvalue weighted by Crippen LogP contribution is -2.51. The number of fused-ring (bicyclic) bond motifs is 3. The molecule has 2 fully saturated rings. The third-order valence-corrected chi connectivity index (χ3v) is 11.3. The zero-order valence-corrected chi connectivity index (χ0v) is 26.4. The van der Waals surface area contributed by atoms with E-state index in [4.69, 9.17) is 4.74 Å². The molecule has 3 aromatic carbocycles. The van der Waals surface area contributed by atoms with E-state index in [0.717, 1.165) is 16.4 Å². The SMILES string of the molecule is COc1ccc(C(=O)Nc2cnn3c2C(=O)N(c2ccc(C(F)(F)c4ccccc4)cc2)[C@H]2CN(S(=O)(=O)C4CC4(F)F)C[C@@H]23)cc1C#N. The van der Waals surface area contributed by atoms with Gasteiger partial charge in [0, 0.05) is 41.9 Å². The number of carbonyl (C=O) groups excluding carboxylic acids is 2. The first-order valence-electron chi connectivity index (χ1n) is 15.0. The molecule has 4 aromatic rings. The van der Waals surface area contributed by atoms with Gasteiger partial charge in [0.15, 0.2) is 5.69 Å². The molecule has 2 aliphatic heterocycles. The number of halogens is 4. The maximum absolute atomic E-state index is 15.3. The highest BCUT2D eigenvalue weighted by Crippen LogP contribution is 2.50. The highest BCUT2D eigenvalue weighted by atomic mass is 32.2. The van der Waals surface area contributed by atoms with Gasteiger partial charge in [0.2, 0.25) is 10.0 Å². The fourth-order valence-corrected chi connectivity index (χ4v) is 8.35. The smallest absolute Gasteiger partial charge is 0.298 e. The van der Waals surface area contributed by atoms with E-state index < -0.39 is 57.4 Å². The predicted molar refractivity (Wildman–Crippen MR) is 167 cm³/mol. The van der Waals surface area contributed by atoms with Crippen LogP contribution in [0, 0.1) is 11.3 Å². The minimum Gasteiger partial charge on any atom is -0.495 e. The largest absolute Gasteiger partial charge is 0.495 e. The Labute approximate surface area is 277 Å². The van der Waals surface area contributed by atoms with Crippen LogP contribution in [0.3, 0.4) is 0 Å². The normalized spacial score (nSPS) is 21.4. The summed E-state index contributed by atoms with van der Waals surface area (Å²) >= 11 is 0. The molecule has 0 spiro atoms. The highest BCUT2D eigenvalue weighted by molar-refractivity contribution is 7.90. The molecule has 1 unspecified atom stereocenters. The minimum absolute atomic E-state index is 0.0463. The van der Waals surface area contributed by atoms with Gasteiger partial charge in [0.25, 0.3) is 23.7 Å². The van der Waals surface area contributed by atoms with E-state index in [1.807, 2.05) is 6.07 Å². The Morgan fingerprint density at radius 2 is 1.69 bits per heavy atom. The van der Waals surface area contributed by atoms with Gasteiger partial charge in [-0.3, -0.25) is 14.3 Å². The Kier molecular flexibility index (Phi) is 7.52. The summed E-state index contributed by atoms with van der Waals surface area (Å²) in [4.78, 5) is 28.8. The molecule has 1 aliphatic carbocycles. The Balaban J connectivity index is 1.26. The van der Waals surface area contributed by atoms with E-state index in [9.17, 15) is 32.0 Å². The molecular weight excluding hydrogens is 668 g/mol. The van der Waals surface area contributed by atoms with Crippen molar-refractivity contribution in [3.63, 3.8) is 0 Å². The third-order valence-electron chi connectivity index (χ3n) is 9.05. The zero-order chi connectivity index (χ0) is 34.9. The molecule has 49 heavy (non-hydrogen) atoms. The molecule has 1 N–H and O–H groups in total. The number of aromatic nitrogens is 2. The van der Waals surface area contributed by atoms with Crippen molar-refractivity contribution < 1.29 is 40.3 Å². The van der Waals surface area contributed by atoms with Crippen molar-refractivity contribution in [2.24, 2.45) is 0 Å². The monoisotopic (exact) mass is 694 g/mol. The highest BCUT2D eigenvalue weighted by Gasteiger charge is 2.67. The number of hydrogen-bond donors (Lipinski definition) is 1.